The number of likely N-dealkylation sites (tertiary alicyclic amines) is 1. The van der Waals surface area contributed by atoms with E-state index in [0.29, 0.717) is 43.2 Å². The van der Waals surface area contributed by atoms with E-state index in [0.717, 1.165) is 0 Å². The van der Waals surface area contributed by atoms with Crippen LogP contribution in [0.15, 0.2) is 23.2 Å². The molecule has 0 aromatic heterocycles. The van der Waals surface area contributed by atoms with E-state index in [9.17, 15) is 13.2 Å². The SMILES string of the molecule is COc1ccc(OC)c(NC(N)=NCC2CCN(CC(F)(F)F)C2)c1.I. The quantitative estimate of drug-likeness (QED) is 0.366. The first-order valence-electron chi connectivity index (χ1n) is 7.89. The molecular weight excluding hydrogens is 464 g/mol. The largest absolute Gasteiger partial charge is 0.497 e. The number of nitrogens with zero attached hydrogens (tertiary/aromatic N) is 2. The van der Waals surface area contributed by atoms with Gasteiger partial charge in [-0.25, -0.2) is 0 Å². The number of nitrogens with two attached hydrogens (primary N) is 1. The molecule has 3 N–H and O–H groups in total. The lowest BCUT2D eigenvalue weighted by atomic mass is 10.1. The van der Waals surface area contributed by atoms with Gasteiger partial charge in [0.2, 0.25) is 0 Å². The molecule has 0 radical (unpaired) electrons. The Morgan fingerprint density at radius 1 is 1.35 bits per heavy atom. The third-order valence-electron chi connectivity index (χ3n) is 3.96. The van der Waals surface area contributed by atoms with Gasteiger partial charge in [0.15, 0.2) is 5.96 Å². The van der Waals surface area contributed by atoms with Gasteiger partial charge in [0.25, 0.3) is 0 Å². The normalized spacial score (nSPS) is 18.3. The van der Waals surface area contributed by atoms with E-state index in [1.165, 1.54) is 12.0 Å². The smallest absolute Gasteiger partial charge is 0.401 e. The van der Waals surface area contributed by atoms with Gasteiger partial charge in [-0.15, -0.1) is 24.0 Å². The molecule has 1 unspecified atom stereocenters. The summed E-state index contributed by atoms with van der Waals surface area (Å²) in [5, 5.41) is 2.94. The number of halogens is 4. The van der Waals surface area contributed by atoms with Crippen molar-refractivity contribution in [3.8, 4) is 11.5 Å². The molecular formula is C16H24F3IN4O2. The van der Waals surface area contributed by atoms with Crippen molar-refractivity contribution in [2.24, 2.45) is 16.6 Å². The van der Waals surface area contributed by atoms with Crippen LogP contribution < -0.4 is 20.5 Å². The third-order valence-corrected chi connectivity index (χ3v) is 3.96. The molecule has 1 aliphatic heterocycles. The van der Waals surface area contributed by atoms with Gasteiger partial charge in [0.1, 0.15) is 11.5 Å². The monoisotopic (exact) mass is 488 g/mol. The zero-order valence-electron chi connectivity index (χ0n) is 14.7. The molecule has 0 aliphatic carbocycles. The van der Waals surface area contributed by atoms with Crippen molar-refractivity contribution < 1.29 is 22.6 Å². The number of methoxy groups -OCH3 is 2. The summed E-state index contributed by atoms with van der Waals surface area (Å²) in [5.41, 5.74) is 6.49. The minimum Gasteiger partial charge on any atom is -0.497 e. The second-order valence-corrected chi connectivity index (χ2v) is 5.92. The Kier molecular flexibility index (Phi) is 8.74. The Morgan fingerprint density at radius 3 is 2.69 bits per heavy atom. The van der Waals surface area contributed by atoms with Crippen LogP contribution in [0.2, 0.25) is 0 Å². The summed E-state index contributed by atoms with van der Waals surface area (Å²) in [6, 6.07) is 5.22. The Balaban J connectivity index is 0.00000338. The predicted molar refractivity (Wildman–Crippen MR) is 106 cm³/mol. The first-order valence-corrected chi connectivity index (χ1v) is 7.89. The summed E-state index contributed by atoms with van der Waals surface area (Å²) in [6.07, 6.45) is -3.49. The summed E-state index contributed by atoms with van der Waals surface area (Å²) in [6.45, 7) is 0.303. The summed E-state index contributed by atoms with van der Waals surface area (Å²) in [5.74, 6) is 1.46. The van der Waals surface area contributed by atoms with Gasteiger partial charge in [0.05, 0.1) is 26.5 Å². The maximum Gasteiger partial charge on any atom is 0.401 e. The maximum atomic E-state index is 12.4. The van der Waals surface area contributed by atoms with Gasteiger partial charge in [0, 0.05) is 19.2 Å². The van der Waals surface area contributed by atoms with E-state index in [2.05, 4.69) is 10.3 Å². The number of aliphatic imine (C=N–C) groups is 1. The van der Waals surface area contributed by atoms with Crippen LogP contribution in [0.25, 0.3) is 0 Å². The lowest BCUT2D eigenvalue weighted by Gasteiger charge is -2.17. The average Bonchev–Trinajstić information content (AvgIpc) is 2.98. The minimum absolute atomic E-state index is 0. The van der Waals surface area contributed by atoms with E-state index in [-0.39, 0.29) is 35.9 Å². The van der Waals surface area contributed by atoms with Crippen LogP contribution in [0.1, 0.15) is 6.42 Å². The molecule has 1 aromatic carbocycles. The number of nitrogens with one attached hydrogen (secondary N) is 1. The second-order valence-electron chi connectivity index (χ2n) is 5.92. The van der Waals surface area contributed by atoms with Crippen LogP contribution in [-0.2, 0) is 0 Å². The van der Waals surface area contributed by atoms with Crippen molar-refractivity contribution in [2.75, 3.05) is 45.7 Å². The van der Waals surface area contributed by atoms with Crippen LogP contribution in [-0.4, -0.2) is 57.4 Å². The average molecular weight is 488 g/mol. The minimum atomic E-state index is -4.17. The molecule has 2 rings (SSSR count). The van der Waals surface area contributed by atoms with Gasteiger partial charge < -0.3 is 20.5 Å². The van der Waals surface area contributed by atoms with Crippen molar-refractivity contribution in [3.05, 3.63) is 18.2 Å². The zero-order chi connectivity index (χ0) is 18.4. The summed E-state index contributed by atoms with van der Waals surface area (Å²) >= 11 is 0. The fourth-order valence-electron chi connectivity index (χ4n) is 2.78. The molecule has 1 fully saturated rings. The van der Waals surface area contributed by atoms with Gasteiger partial charge in [-0.1, -0.05) is 0 Å². The van der Waals surface area contributed by atoms with Gasteiger partial charge in [-0.05, 0) is 31.0 Å². The Labute approximate surface area is 167 Å². The Hall–Kier alpha value is -1.43. The number of rotatable bonds is 6. The van der Waals surface area contributed by atoms with Gasteiger partial charge >= 0.3 is 6.18 Å². The van der Waals surface area contributed by atoms with Crippen molar-refractivity contribution in [1.29, 1.82) is 0 Å². The standard InChI is InChI=1S/C16H23F3N4O2.HI/c1-24-12-3-4-14(25-2)13(7-12)22-15(20)21-8-11-5-6-23(9-11)10-16(17,18)19;/h3-4,7,11H,5-6,8-10H2,1-2H3,(H3,20,21,22);1H. The number of guanidine groups is 1. The highest BCUT2D eigenvalue weighted by Gasteiger charge is 2.34. The van der Waals surface area contributed by atoms with Crippen LogP contribution in [0.4, 0.5) is 18.9 Å². The molecule has 1 aliphatic rings. The van der Waals surface area contributed by atoms with Crippen LogP contribution in [0, 0.1) is 5.92 Å². The van der Waals surface area contributed by atoms with Crippen LogP contribution in [0.3, 0.4) is 0 Å². The van der Waals surface area contributed by atoms with E-state index in [1.807, 2.05) is 0 Å². The number of benzene rings is 1. The Bertz CT molecular complexity index is 614. The molecule has 0 saturated carbocycles. The molecule has 10 heteroatoms. The molecule has 1 atom stereocenters. The molecule has 0 spiro atoms. The number of alkyl halides is 3. The van der Waals surface area contributed by atoms with E-state index >= 15 is 0 Å². The topological polar surface area (TPSA) is 72.1 Å². The molecule has 1 aromatic rings. The van der Waals surface area contributed by atoms with Crippen molar-refractivity contribution in [2.45, 2.75) is 12.6 Å². The highest BCUT2D eigenvalue weighted by molar-refractivity contribution is 14.0. The molecule has 26 heavy (non-hydrogen) atoms. The molecule has 1 saturated heterocycles. The lowest BCUT2D eigenvalue weighted by molar-refractivity contribution is -0.143. The fraction of sp³-hybridized carbons (Fsp3) is 0.562. The van der Waals surface area contributed by atoms with E-state index < -0.39 is 12.7 Å². The molecule has 1 heterocycles. The molecule has 0 bridgehead atoms. The number of anilines is 1. The number of hydrogen-bond donors (Lipinski definition) is 2. The van der Waals surface area contributed by atoms with Gasteiger partial charge in [-0.3, -0.25) is 9.89 Å². The van der Waals surface area contributed by atoms with Crippen molar-refractivity contribution in [1.82, 2.24) is 4.90 Å². The van der Waals surface area contributed by atoms with Crippen molar-refractivity contribution >= 4 is 35.6 Å². The summed E-state index contributed by atoms with van der Waals surface area (Å²) in [7, 11) is 3.09. The predicted octanol–water partition coefficient (Wildman–Crippen LogP) is 2.93. The first kappa shape index (κ1) is 22.6. The highest BCUT2D eigenvalue weighted by Crippen LogP contribution is 2.28. The van der Waals surface area contributed by atoms with Gasteiger partial charge in [-0.2, -0.15) is 13.2 Å². The molecule has 148 valence electrons. The second kappa shape index (κ2) is 10.0. The maximum absolute atomic E-state index is 12.4. The molecule has 0 amide bonds. The van der Waals surface area contributed by atoms with Crippen LogP contribution >= 0.6 is 24.0 Å². The zero-order valence-corrected chi connectivity index (χ0v) is 17.0. The summed E-state index contributed by atoms with van der Waals surface area (Å²) < 4.78 is 47.6. The van der Waals surface area contributed by atoms with Crippen LogP contribution in [0.5, 0.6) is 11.5 Å². The first-order chi connectivity index (χ1) is 11.8. The lowest BCUT2D eigenvalue weighted by Crippen LogP contribution is -2.32. The van der Waals surface area contributed by atoms with Crippen molar-refractivity contribution in [3.63, 3.8) is 0 Å². The molecule has 6 nitrogen and oxygen atoms in total. The summed E-state index contributed by atoms with van der Waals surface area (Å²) in [4.78, 5) is 5.64. The third kappa shape index (κ3) is 7.06. The van der Waals surface area contributed by atoms with E-state index in [4.69, 9.17) is 15.2 Å². The fourth-order valence-corrected chi connectivity index (χ4v) is 2.78. The number of ether oxygens (including phenoxy) is 2. The Morgan fingerprint density at radius 2 is 2.08 bits per heavy atom. The number of hydrogen-bond acceptors (Lipinski definition) is 4. The van der Waals surface area contributed by atoms with E-state index in [1.54, 1.807) is 25.3 Å². The highest BCUT2D eigenvalue weighted by atomic mass is 127.